The molecular weight excluding hydrogens is 410 g/mol. The number of hydrogen-bond donors (Lipinski definition) is 1. The van der Waals surface area contributed by atoms with Gasteiger partial charge in [-0.15, -0.1) is 0 Å². The van der Waals surface area contributed by atoms with Crippen LogP contribution in [0.1, 0.15) is 34.1 Å². The van der Waals surface area contributed by atoms with Crippen LogP contribution in [-0.2, 0) is 4.74 Å². The van der Waals surface area contributed by atoms with Crippen LogP contribution in [0.4, 0.5) is 0 Å². The molecule has 0 bridgehead atoms. The van der Waals surface area contributed by atoms with E-state index in [1.54, 1.807) is 28.4 Å². The van der Waals surface area contributed by atoms with Gasteiger partial charge in [0.05, 0.1) is 33.1 Å². The third kappa shape index (κ3) is 3.67. The van der Waals surface area contributed by atoms with Gasteiger partial charge in [-0.3, -0.25) is 9.89 Å². The Morgan fingerprint density at radius 1 is 0.969 bits per heavy atom. The molecule has 0 aliphatic carbocycles. The van der Waals surface area contributed by atoms with Crippen molar-refractivity contribution in [3.05, 3.63) is 59.3 Å². The van der Waals surface area contributed by atoms with E-state index in [1.807, 2.05) is 47.4 Å². The van der Waals surface area contributed by atoms with Crippen molar-refractivity contribution in [3.63, 3.8) is 0 Å². The van der Waals surface area contributed by atoms with Gasteiger partial charge in [-0.2, -0.15) is 5.10 Å². The predicted molar refractivity (Wildman–Crippen MR) is 119 cm³/mol. The summed E-state index contributed by atoms with van der Waals surface area (Å²) >= 11 is 0. The van der Waals surface area contributed by atoms with E-state index in [0.29, 0.717) is 41.8 Å². The Bertz CT molecular complexity index is 1110. The molecule has 0 fully saturated rings. The number of ether oxygens (including phenoxy) is 4. The van der Waals surface area contributed by atoms with Crippen LogP contribution in [0, 0.1) is 0 Å². The Balaban J connectivity index is 1.86. The lowest BCUT2D eigenvalue weighted by molar-refractivity contribution is 0.0722. The first-order valence-corrected chi connectivity index (χ1v) is 10.4. The summed E-state index contributed by atoms with van der Waals surface area (Å²) in [6, 6.07) is 13.0. The quantitative estimate of drug-likeness (QED) is 0.514. The lowest BCUT2D eigenvalue weighted by atomic mass is 9.95. The highest BCUT2D eigenvalue weighted by Gasteiger charge is 2.43. The van der Waals surface area contributed by atoms with Crippen molar-refractivity contribution < 1.29 is 23.7 Å². The molecule has 1 atom stereocenters. The number of nitrogens with zero attached hydrogens (tertiary/aromatic N) is 2. The molecule has 2 heterocycles. The summed E-state index contributed by atoms with van der Waals surface area (Å²) in [5.41, 5.74) is 3.74. The first-order chi connectivity index (χ1) is 15.6. The highest BCUT2D eigenvalue weighted by atomic mass is 16.5. The van der Waals surface area contributed by atoms with E-state index >= 15 is 0 Å². The third-order valence-corrected chi connectivity index (χ3v) is 5.70. The molecule has 8 heteroatoms. The minimum Gasteiger partial charge on any atom is -0.496 e. The smallest absolute Gasteiger partial charge is 0.273 e. The second kappa shape index (κ2) is 9.32. The number of H-pyrrole nitrogens is 1. The first-order valence-electron chi connectivity index (χ1n) is 10.4. The number of nitrogens with one attached hydrogen (secondary N) is 1. The SMILES string of the molecule is COCCCN1C(=O)c2[nH]nc(-c3ccc(OC)c(OC)c3)c2C1c1ccccc1OC. The molecule has 1 amide bonds. The Hall–Kier alpha value is -3.52. The zero-order valence-electron chi connectivity index (χ0n) is 18.7. The number of methoxy groups -OCH3 is 4. The van der Waals surface area contributed by atoms with Crippen molar-refractivity contribution >= 4 is 5.91 Å². The van der Waals surface area contributed by atoms with Gasteiger partial charge < -0.3 is 23.8 Å². The fourth-order valence-electron chi connectivity index (χ4n) is 4.23. The number of hydrogen-bond acceptors (Lipinski definition) is 6. The Kier molecular flexibility index (Phi) is 6.32. The summed E-state index contributed by atoms with van der Waals surface area (Å²) in [4.78, 5) is 15.2. The van der Waals surface area contributed by atoms with Gasteiger partial charge in [-0.05, 0) is 30.7 Å². The van der Waals surface area contributed by atoms with Gasteiger partial charge in [-0.1, -0.05) is 18.2 Å². The molecule has 8 nitrogen and oxygen atoms in total. The number of fused-ring (bicyclic) bond motifs is 1. The highest BCUT2D eigenvalue weighted by molar-refractivity contribution is 6.00. The van der Waals surface area contributed by atoms with Crippen molar-refractivity contribution in [2.24, 2.45) is 0 Å². The lowest BCUT2D eigenvalue weighted by Gasteiger charge is -2.27. The van der Waals surface area contributed by atoms with Crippen molar-refractivity contribution in [2.45, 2.75) is 12.5 Å². The number of para-hydroxylation sites is 1. The van der Waals surface area contributed by atoms with Gasteiger partial charge >= 0.3 is 0 Å². The number of aromatic amines is 1. The summed E-state index contributed by atoms with van der Waals surface area (Å²) in [5.74, 6) is 1.85. The summed E-state index contributed by atoms with van der Waals surface area (Å²) in [6.07, 6.45) is 0.720. The molecule has 1 unspecified atom stereocenters. The number of carbonyl (C=O) groups excluding carboxylic acids is 1. The molecule has 0 saturated heterocycles. The average molecular weight is 437 g/mol. The topological polar surface area (TPSA) is 85.9 Å². The second-order valence-corrected chi connectivity index (χ2v) is 7.42. The fraction of sp³-hybridized carbons (Fsp3) is 0.333. The minimum atomic E-state index is -0.340. The minimum absolute atomic E-state index is 0.0914. The number of aromatic nitrogens is 2. The number of benzene rings is 2. The van der Waals surface area contributed by atoms with Crippen LogP contribution in [0.5, 0.6) is 17.2 Å². The first kappa shape index (κ1) is 21.7. The standard InChI is InChI=1S/C24H27N3O5/c1-29-13-7-12-27-23(16-8-5-6-9-17(16)30-2)20-21(25-26-22(20)24(27)28)15-10-11-18(31-3)19(14-15)32-4/h5-6,8-11,14,23H,7,12-13H2,1-4H3,(H,25,26). The average Bonchev–Trinajstić information content (AvgIpc) is 3.38. The second-order valence-electron chi connectivity index (χ2n) is 7.42. The van der Waals surface area contributed by atoms with Crippen LogP contribution in [0.3, 0.4) is 0 Å². The molecule has 1 aliphatic rings. The molecule has 1 aliphatic heterocycles. The van der Waals surface area contributed by atoms with Gasteiger partial charge in [-0.25, -0.2) is 0 Å². The molecule has 1 N–H and O–H groups in total. The summed E-state index contributed by atoms with van der Waals surface area (Å²) in [6.45, 7) is 1.11. The van der Waals surface area contributed by atoms with Gasteiger partial charge in [0, 0.05) is 37.0 Å². The van der Waals surface area contributed by atoms with Crippen LogP contribution in [0.2, 0.25) is 0 Å². The largest absolute Gasteiger partial charge is 0.496 e. The van der Waals surface area contributed by atoms with Gasteiger partial charge in [0.1, 0.15) is 11.4 Å². The van der Waals surface area contributed by atoms with Crippen LogP contribution in [0.15, 0.2) is 42.5 Å². The van der Waals surface area contributed by atoms with Gasteiger partial charge in [0.25, 0.3) is 5.91 Å². The van der Waals surface area contributed by atoms with Gasteiger partial charge in [0.15, 0.2) is 11.5 Å². The van der Waals surface area contributed by atoms with Crippen molar-refractivity contribution in [1.82, 2.24) is 15.1 Å². The molecule has 4 rings (SSSR count). The number of carbonyl (C=O) groups is 1. The molecule has 0 saturated carbocycles. The number of amides is 1. The maximum atomic E-state index is 13.4. The highest BCUT2D eigenvalue weighted by Crippen LogP contribution is 2.46. The molecule has 0 radical (unpaired) electrons. The fourth-order valence-corrected chi connectivity index (χ4v) is 4.23. The van der Waals surface area contributed by atoms with E-state index in [0.717, 1.165) is 23.1 Å². The zero-order chi connectivity index (χ0) is 22.7. The molecular formula is C24H27N3O5. The third-order valence-electron chi connectivity index (χ3n) is 5.70. The molecule has 1 aromatic heterocycles. The maximum absolute atomic E-state index is 13.4. The Morgan fingerprint density at radius 3 is 2.44 bits per heavy atom. The zero-order valence-corrected chi connectivity index (χ0v) is 18.7. The van der Waals surface area contributed by atoms with E-state index in [2.05, 4.69) is 10.2 Å². The Morgan fingerprint density at radius 2 is 1.72 bits per heavy atom. The lowest BCUT2D eigenvalue weighted by Crippen LogP contribution is -2.31. The predicted octanol–water partition coefficient (Wildman–Crippen LogP) is 3.68. The van der Waals surface area contributed by atoms with Crippen molar-refractivity contribution in [1.29, 1.82) is 0 Å². The monoisotopic (exact) mass is 437 g/mol. The normalized spacial score (nSPS) is 15.1. The summed E-state index contributed by atoms with van der Waals surface area (Å²) < 4.78 is 21.7. The number of rotatable bonds is 9. The van der Waals surface area contributed by atoms with E-state index in [1.165, 1.54) is 0 Å². The van der Waals surface area contributed by atoms with Crippen LogP contribution in [-0.4, -0.2) is 62.6 Å². The van der Waals surface area contributed by atoms with Crippen LogP contribution >= 0.6 is 0 Å². The van der Waals surface area contributed by atoms with E-state index < -0.39 is 0 Å². The van der Waals surface area contributed by atoms with Crippen LogP contribution in [0.25, 0.3) is 11.3 Å². The van der Waals surface area contributed by atoms with Gasteiger partial charge in [0.2, 0.25) is 0 Å². The van der Waals surface area contributed by atoms with Crippen molar-refractivity contribution in [3.8, 4) is 28.5 Å². The molecule has 3 aromatic rings. The maximum Gasteiger partial charge on any atom is 0.273 e. The molecule has 32 heavy (non-hydrogen) atoms. The molecule has 168 valence electrons. The van der Waals surface area contributed by atoms with E-state index in [4.69, 9.17) is 18.9 Å². The summed E-state index contributed by atoms with van der Waals surface area (Å²) in [7, 11) is 6.48. The summed E-state index contributed by atoms with van der Waals surface area (Å²) in [5, 5.41) is 7.49. The Labute approximate surface area is 187 Å². The molecule has 0 spiro atoms. The van der Waals surface area contributed by atoms with E-state index in [-0.39, 0.29) is 11.9 Å². The molecule has 2 aromatic carbocycles. The van der Waals surface area contributed by atoms with E-state index in [9.17, 15) is 4.79 Å². The van der Waals surface area contributed by atoms with Crippen molar-refractivity contribution in [2.75, 3.05) is 41.6 Å². The van der Waals surface area contributed by atoms with Crippen LogP contribution < -0.4 is 14.2 Å².